The summed E-state index contributed by atoms with van der Waals surface area (Å²) in [5, 5.41) is 1.06. The number of benzene rings is 2. The van der Waals surface area contributed by atoms with Gasteiger partial charge in [-0.1, -0.05) is 149 Å². The first kappa shape index (κ1) is 40.2. The monoisotopic (exact) mass is 799 g/mol. The molecule has 1 atom stereocenters. The molecule has 0 saturated carbocycles. The highest BCUT2D eigenvalue weighted by Crippen LogP contribution is 2.48. The van der Waals surface area contributed by atoms with Gasteiger partial charge in [-0.2, -0.15) is 0 Å². The van der Waals surface area contributed by atoms with Gasteiger partial charge in [0.1, 0.15) is 5.58 Å². The van der Waals surface area contributed by atoms with E-state index in [1.165, 1.54) is 40.5 Å². The summed E-state index contributed by atoms with van der Waals surface area (Å²) in [6.45, 7) is 31.5. The van der Waals surface area contributed by atoms with Crippen LogP contribution in [-0.4, -0.2) is 7.28 Å². The Balaban J connectivity index is 1.70. The average molecular weight is 799 g/mol. The molecule has 0 saturated heterocycles. The number of nitrogens with zero attached hydrogens (tertiary/aromatic N) is 2. The molecule has 3 nitrogen and oxygen atoms in total. The van der Waals surface area contributed by atoms with E-state index in [2.05, 4.69) is 178 Å². The van der Waals surface area contributed by atoms with Crippen LogP contribution in [0.5, 0.6) is 0 Å². The van der Waals surface area contributed by atoms with Crippen LogP contribution in [0.1, 0.15) is 133 Å². The summed E-state index contributed by atoms with van der Waals surface area (Å²) in [7, 11) is 2.11. The van der Waals surface area contributed by atoms with E-state index in [4.69, 9.17) is 8.53 Å². The molecule has 311 valence electrons. The zero-order valence-corrected chi connectivity index (χ0v) is 37.7. The lowest BCUT2D eigenvalue weighted by molar-refractivity contribution is 0.332. The van der Waals surface area contributed by atoms with Gasteiger partial charge in [0.05, 0.1) is 21.1 Å². The van der Waals surface area contributed by atoms with E-state index in [0.29, 0.717) is 17.9 Å². The number of allylic oxidation sites excluding steroid dienone is 14. The minimum atomic E-state index is -0.352. The van der Waals surface area contributed by atoms with Crippen LogP contribution < -0.4 is 15.5 Å². The Kier molecular flexibility index (Phi) is 12.2. The van der Waals surface area contributed by atoms with Crippen molar-refractivity contribution in [2.24, 2.45) is 11.3 Å². The van der Waals surface area contributed by atoms with E-state index in [9.17, 15) is 0 Å². The second-order valence-electron chi connectivity index (χ2n) is 19.4. The predicted octanol–water partition coefficient (Wildman–Crippen LogP) is 15.2. The third-order valence-corrected chi connectivity index (χ3v) is 12.4. The lowest BCUT2D eigenvalue weighted by Gasteiger charge is -2.41. The lowest BCUT2D eigenvalue weighted by Crippen LogP contribution is -2.33. The van der Waals surface area contributed by atoms with Gasteiger partial charge in [-0.3, -0.25) is 0 Å². The Morgan fingerprint density at radius 1 is 1.03 bits per heavy atom. The molecule has 0 amide bonds. The Morgan fingerprint density at radius 2 is 1.80 bits per heavy atom. The van der Waals surface area contributed by atoms with Gasteiger partial charge in [-0.25, -0.2) is 0 Å². The van der Waals surface area contributed by atoms with Crippen molar-refractivity contribution in [1.29, 1.82) is 0 Å². The van der Waals surface area contributed by atoms with Gasteiger partial charge in [0.15, 0.2) is 0 Å². The van der Waals surface area contributed by atoms with Crippen molar-refractivity contribution in [3.8, 4) is 0 Å². The van der Waals surface area contributed by atoms with E-state index >= 15 is 0 Å². The minimum Gasteiger partial charge on any atom is -0.469 e. The number of hydrogen-bond acceptors (Lipinski definition) is 3. The standard InChI is InChI=1S/C56H68BN2O/c1-14-22-40(16-3)41(17-4)34-45-38-57-53-52(47-36-48-49(37-51(47)60-53)56(12,13)31-30-55(48,10)11)59(32-21-29-54(7,8)9)44(23-15-2)28-33-58(45)50-27-26-43(39(5)6)35-46(50)42-24-19-18-20-25-42/h14-19,21-24,26-28,32-33,35-39,41H,1-4,20,25,29-31,34H2,5-13H3/b32-21+,33-28+,40-22+,44-23+,45-38-/i1D,3D,22D/b14-1?,16-3?,32-21+,33-28+,40-22+,44-23+,45-38-. The van der Waals surface area contributed by atoms with Crippen LogP contribution in [0.25, 0.3) is 16.5 Å². The zero-order valence-electron chi connectivity index (χ0n) is 40.7. The lowest BCUT2D eigenvalue weighted by atomic mass is 9.63. The van der Waals surface area contributed by atoms with Gasteiger partial charge in [0.2, 0.25) is 7.28 Å². The maximum absolute atomic E-state index is 8.92. The number of hydrogen-bond donors (Lipinski definition) is 0. The first-order valence-corrected chi connectivity index (χ1v) is 21.8. The molecule has 6 rings (SSSR count). The second-order valence-corrected chi connectivity index (χ2v) is 19.4. The number of rotatable bonds is 12. The molecule has 0 fully saturated rings. The molecule has 2 aliphatic carbocycles. The number of fused-ring (bicyclic) bond motifs is 4. The molecule has 1 aliphatic heterocycles. The molecule has 2 aromatic carbocycles. The van der Waals surface area contributed by atoms with Gasteiger partial charge < -0.3 is 14.2 Å². The molecule has 3 aromatic rings. The summed E-state index contributed by atoms with van der Waals surface area (Å²) in [5.74, 6) is 2.15. The predicted molar refractivity (Wildman–Crippen MR) is 264 cm³/mol. The molecular formula is C56H68BN2O. The molecule has 2 heterocycles. The highest BCUT2D eigenvalue weighted by Gasteiger charge is 2.38. The van der Waals surface area contributed by atoms with Crippen molar-refractivity contribution < 1.29 is 8.53 Å². The van der Waals surface area contributed by atoms with Gasteiger partial charge in [0, 0.05) is 40.7 Å². The molecule has 3 aliphatic rings. The van der Waals surface area contributed by atoms with E-state index in [-0.39, 0.29) is 28.2 Å². The molecule has 0 bridgehead atoms. The van der Waals surface area contributed by atoms with Crippen molar-refractivity contribution in [3.63, 3.8) is 0 Å². The fraction of sp³-hybridized carbons (Fsp3) is 0.357. The summed E-state index contributed by atoms with van der Waals surface area (Å²) in [6.07, 6.45) is 29.8. The third kappa shape index (κ3) is 9.54. The van der Waals surface area contributed by atoms with E-state index in [1.807, 2.05) is 12.2 Å². The molecule has 1 radical (unpaired) electrons. The fourth-order valence-electron chi connectivity index (χ4n) is 8.69. The van der Waals surface area contributed by atoms with Crippen LogP contribution in [0.4, 0.5) is 11.4 Å². The molecule has 60 heavy (non-hydrogen) atoms. The first-order chi connectivity index (χ1) is 29.9. The maximum Gasteiger partial charge on any atom is 0.236 e. The molecule has 4 heteroatoms. The molecular weight excluding hydrogens is 727 g/mol. The molecule has 0 N–H and O–H groups in total. The minimum absolute atomic E-state index is 0.000268. The quantitative estimate of drug-likeness (QED) is 0.103. The molecule has 1 aromatic heterocycles. The Morgan fingerprint density at radius 3 is 2.45 bits per heavy atom. The van der Waals surface area contributed by atoms with E-state index < -0.39 is 0 Å². The molecule has 1 unspecified atom stereocenters. The third-order valence-electron chi connectivity index (χ3n) is 12.4. The molecule has 0 spiro atoms. The van der Waals surface area contributed by atoms with E-state index in [0.717, 1.165) is 78.1 Å². The second kappa shape index (κ2) is 18.2. The van der Waals surface area contributed by atoms with Gasteiger partial charge >= 0.3 is 0 Å². The Hall–Kier alpha value is -5.22. The van der Waals surface area contributed by atoms with Crippen molar-refractivity contribution in [2.45, 2.75) is 118 Å². The Bertz CT molecular complexity index is 2490. The van der Waals surface area contributed by atoms with E-state index in [1.54, 1.807) is 6.08 Å². The largest absolute Gasteiger partial charge is 0.469 e. The van der Waals surface area contributed by atoms with Crippen LogP contribution in [0.3, 0.4) is 0 Å². The van der Waals surface area contributed by atoms with Crippen LogP contribution in [-0.2, 0) is 10.8 Å². The normalized spacial score (nSPS) is 21.8. The van der Waals surface area contributed by atoms with Gasteiger partial charge in [-0.15, -0.1) is 6.58 Å². The van der Waals surface area contributed by atoms with Crippen molar-refractivity contribution >= 4 is 40.9 Å². The average Bonchev–Trinajstić information content (AvgIpc) is 3.60. The maximum atomic E-state index is 8.92. The zero-order chi connectivity index (χ0) is 45.7. The number of furan rings is 1. The van der Waals surface area contributed by atoms with Crippen molar-refractivity contribution in [2.75, 3.05) is 9.80 Å². The SMILES string of the molecule is [2H]C=C/C([2H])=C(\C=C[2H])C(C=C)C/C1=C/[B]c2oc3cc4c(cc3c2N(/C=C/CC(C)(C)C)C(=C/C=C)/C=C/N1c1ccc(C(C)C)cc1C1=CC=CCC1)C(C)(C)CCC4(C)C. The summed E-state index contributed by atoms with van der Waals surface area (Å²) in [4.78, 5) is 4.55. The van der Waals surface area contributed by atoms with Crippen LogP contribution in [0, 0.1) is 11.3 Å². The van der Waals surface area contributed by atoms with Gasteiger partial charge in [-0.05, 0) is 125 Å². The topological polar surface area (TPSA) is 19.6 Å². The number of anilines is 2. The fourth-order valence-corrected chi connectivity index (χ4v) is 8.69. The smallest absolute Gasteiger partial charge is 0.236 e. The van der Waals surface area contributed by atoms with Crippen LogP contribution in [0.15, 0.2) is 163 Å². The first-order valence-electron chi connectivity index (χ1n) is 23.4. The highest BCUT2D eigenvalue weighted by molar-refractivity contribution is 6.60. The highest BCUT2D eigenvalue weighted by atomic mass is 16.3. The summed E-state index contributed by atoms with van der Waals surface area (Å²) >= 11 is 0. The summed E-state index contributed by atoms with van der Waals surface area (Å²) in [5.41, 5.74) is 12.6. The Labute approximate surface area is 367 Å². The van der Waals surface area contributed by atoms with Gasteiger partial charge in [0.25, 0.3) is 0 Å². The summed E-state index contributed by atoms with van der Waals surface area (Å²) in [6, 6.07) is 11.7. The van der Waals surface area contributed by atoms with Crippen LogP contribution >= 0.6 is 0 Å². The van der Waals surface area contributed by atoms with Crippen molar-refractivity contribution in [3.05, 3.63) is 181 Å². The summed E-state index contributed by atoms with van der Waals surface area (Å²) < 4.78 is 31.8. The van der Waals surface area contributed by atoms with Crippen molar-refractivity contribution in [1.82, 2.24) is 0 Å². The van der Waals surface area contributed by atoms with Crippen LogP contribution in [0.2, 0.25) is 0 Å².